The van der Waals surface area contributed by atoms with Crippen LogP contribution < -0.4 is 5.32 Å². The summed E-state index contributed by atoms with van der Waals surface area (Å²) < 4.78 is 5.01. The van der Waals surface area contributed by atoms with Crippen LogP contribution >= 0.6 is 0 Å². The molecule has 1 aromatic carbocycles. The number of benzene rings is 1. The quantitative estimate of drug-likeness (QED) is 0.447. The highest BCUT2D eigenvalue weighted by molar-refractivity contribution is 6.22. The van der Waals surface area contributed by atoms with Crippen LogP contribution in [0.1, 0.15) is 41.0 Å². The summed E-state index contributed by atoms with van der Waals surface area (Å²) in [5, 5.41) is 2.37. The average Bonchev–Trinajstić information content (AvgIpc) is 2.87. The van der Waals surface area contributed by atoms with Crippen molar-refractivity contribution < 1.29 is 23.9 Å². The van der Waals surface area contributed by atoms with Gasteiger partial charge in [-0.05, 0) is 24.5 Å². The van der Waals surface area contributed by atoms with Crippen molar-refractivity contribution in [3.63, 3.8) is 0 Å². The van der Waals surface area contributed by atoms with Gasteiger partial charge in [0.2, 0.25) is 0 Å². The second kappa shape index (κ2) is 8.30. The number of hydrogen-bond donors (Lipinski definition) is 1. The Bertz CT molecular complexity index is 743. The lowest BCUT2D eigenvalue weighted by Crippen LogP contribution is -2.47. The number of fused-ring (bicyclic) bond motifs is 1. The van der Waals surface area contributed by atoms with Gasteiger partial charge in [0.15, 0.2) is 6.61 Å². The van der Waals surface area contributed by atoms with Gasteiger partial charge >= 0.3 is 5.97 Å². The smallest absolute Gasteiger partial charge is 0.329 e. The topological polar surface area (TPSA) is 92.8 Å². The molecule has 0 spiro atoms. The van der Waals surface area contributed by atoms with Gasteiger partial charge in [-0.3, -0.25) is 19.3 Å². The maximum Gasteiger partial charge on any atom is 0.329 e. The minimum Gasteiger partial charge on any atom is -0.454 e. The van der Waals surface area contributed by atoms with Gasteiger partial charge < -0.3 is 10.1 Å². The summed E-state index contributed by atoms with van der Waals surface area (Å²) in [5.74, 6) is -0.178. The van der Waals surface area contributed by atoms with Crippen molar-refractivity contribution in [2.45, 2.75) is 26.3 Å². The first-order valence-electron chi connectivity index (χ1n) is 8.20. The summed E-state index contributed by atoms with van der Waals surface area (Å²) in [5.41, 5.74) is 0.511. The number of esters is 1. The standard InChI is InChI=1S/C19H20N2O5/c1-4-9-20-16(22)11-26-19(25)15(10-12(2)3)21-17(23)13-7-5-6-8-14(13)18(21)24/h1,5-8,12,15H,9-11H2,2-3H3,(H,20,22)/t15-/m0/s1. The number of carbonyl (C=O) groups excluding carboxylic acids is 4. The summed E-state index contributed by atoms with van der Waals surface area (Å²) in [6.45, 7) is 3.21. The third kappa shape index (κ3) is 4.09. The normalized spacial score (nSPS) is 14.0. The highest BCUT2D eigenvalue weighted by Crippen LogP contribution is 2.27. The van der Waals surface area contributed by atoms with E-state index in [0.29, 0.717) is 0 Å². The molecule has 1 aliphatic rings. The minimum atomic E-state index is -1.09. The molecule has 3 amide bonds. The molecule has 1 N–H and O–H groups in total. The summed E-state index contributed by atoms with van der Waals surface area (Å²) in [7, 11) is 0. The van der Waals surface area contributed by atoms with Crippen molar-refractivity contribution in [3.8, 4) is 12.3 Å². The molecule has 2 rings (SSSR count). The van der Waals surface area contributed by atoms with E-state index in [2.05, 4.69) is 11.2 Å². The van der Waals surface area contributed by atoms with Crippen LogP contribution in [0, 0.1) is 18.3 Å². The van der Waals surface area contributed by atoms with E-state index in [1.807, 2.05) is 13.8 Å². The fourth-order valence-electron chi connectivity index (χ4n) is 2.68. The van der Waals surface area contributed by atoms with Crippen LogP contribution in [0.4, 0.5) is 0 Å². The SMILES string of the molecule is C#CCNC(=O)COC(=O)[C@H](CC(C)C)N1C(=O)c2ccccc2C1=O. The first-order valence-corrected chi connectivity index (χ1v) is 8.20. The van der Waals surface area contributed by atoms with E-state index in [1.165, 1.54) is 0 Å². The molecular weight excluding hydrogens is 336 g/mol. The number of ether oxygens (including phenoxy) is 1. The number of hydrogen-bond acceptors (Lipinski definition) is 5. The number of nitrogens with zero attached hydrogens (tertiary/aromatic N) is 1. The van der Waals surface area contributed by atoms with Crippen molar-refractivity contribution in [3.05, 3.63) is 35.4 Å². The maximum absolute atomic E-state index is 12.6. The van der Waals surface area contributed by atoms with Crippen molar-refractivity contribution in [2.75, 3.05) is 13.2 Å². The Morgan fingerprint density at radius 1 is 1.19 bits per heavy atom. The van der Waals surface area contributed by atoms with Crippen molar-refractivity contribution in [1.82, 2.24) is 10.2 Å². The largest absolute Gasteiger partial charge is 0.454 e. The molecule has 136 valence electrons. The highest BCUT2D eigenvalue weighted by Gasteiger charge is 2.43. The molecule has 0 saturated carbocycles. The van der Waals surface area contributed by atoms with E-state index in [9.17, 15) is 19.2 Å². The molecule has 0 saturated heterocycles. The first-order chi connectivity index (χ1) is 12.4. The van der Waals surface area contributed by atoms with Gasteiger partial charge in [-0.15, -0.1) is 6.42 Å². The number of amides is 3. The van der Waals surface area contributed by atoms with Gasteiger partial charge in [0.05, 0.1) is 17.7 Å². The molecule has 26 heavy (non-hydrogen) atoms. The van der Waals surface area contributed by atoms with Crippen LogP contribution in [0.25, 0.3) is 0 Å². The fraction of sp³-hybridized carbons (Fsp3) is 0.368. The Labute approximate surface area is 151 Å². The molecule has 0 aliphatic carbocycles. The van der Waals surface area contributed by atoms with E-state index in [4.69, 9.17) is 11.2 Å². The molecule has 1 heterocycles. The van der Waals surface area contributed by atoms with Crippen molar-refractivity contribution in [2.24, 2.45) is 5.92 Å². The lowest BCUT2D eigenvalue weighted by Gasteiger charge is -2.25. The van der Waals surface area contributed by atoms with Gasteiger partial charge in [-0.25, -0.2) is 4.79 Å². The predicted octanol–water partition coefficient (Wildman–Crippen LogP) is 0.990. The van der Waals surface area contributed by atoms with Gasteiger partial charge in [-0.2, -0.15) is 0 Å². The Kier molecular flexibility index (Phi) is 6.12. The molecule has 0 unspecified atom stereocenters. The summed E-state index contributed by atoms with van der Waals surface area (Å²) in [4.78, 5) is 50.2. The fourth-order valence-corrected chi connectivity index (χ4v) is 2.68. The molecule has 1 atom stereocenters. The average molecular weight is 356 g/mol. The van der Waals surface area contributed by atoms with Crippen LogP contribution in [-0.2, 0) is 14.3 Å². The lowest BCUT2D eigenvalue weighted by atomic mass is 10.0. The Balaban J connectivity index is 2.16. The first kappa shape index (κ1) is 19.2. The summed E-state index contributed by atoms with van der Waals surface area (Å²) >= 11 is 0. The number of terminal acetylenes is 1. The van der Waals surface area contributed by atoms with E-state index in [-0.39, 0.29) is 30.0 Å². The Morgan fingerprint density at radius 2 is 1.77 bits per heavy atom. The number of nitrogens with one attached hydrogen (secondary N) is 1. The highest BCUT2D eigenvalue weighted by atomic mass is 16.5. The third-order valence-corrected chi connectivity index (χ3v) is 3.84. The molecule has 1 aromatic rings. The van der Waals surface area contributed by atoms with E-state index in [1.54, 1.807) is 24.3 Å². The van der Waals surface area contributed by atoms with Crippen LogP contribution in [-0.4, -0.2) is 47.8 Å². The maximum atomic E-state index is 12.6. The van der Waals surface area contributed by atoms with Crippen LogP contribution in [0.3, 0.4) is 0 Å². The molecule has 0 bridgehead atoms. The molecule has 7 heteroatoms. The third-order valence-electron chi connectivity index (χ3n) is 3.84. The van der Waals surface area contributed by atoms with E-state index >= 15 is 0 Å². The van der Waals surface area contributed by atoms with Gasteiger partial charge in [0, 0.05) is 0 Å². The molecule has 0 aromatic heterocycles. The molecule has 0 fully saturated rings. The van der Waals surface area contributed by atoms with Gasteiger partial charge in [-0.1, -0.05) is 31.9 Å². The van der Waals surface area contributed by atoms with E-state index in [0.717, 1.165) is 4.90 Å². The van der Waals surface area contributed by atoms with Gasteiger partial charge in [0.1, 0.15) is 6.04 Å². The zero-order chi connectivity index (χ0) is 19.3. The van der Waals surface area contributed by atoms with Crippen LogP contribution in [0.5, 0.6) is 0 Å². The zero-order valence-corrected chi connectivity index (χ0v) is 14.7. The van der Waals surface area contributed by atoms with Crippen LogP contribution in [0.15, 0.2) is 24.3 Å². The van der Waals surface area contributed by atoms with E-state index < -0.39 is 36.3 Å². The summed E-state index contributed by atoms with van der Waals surface area (Å²) in [6.07, 6.45) is 5.27. The number of rotatable bonds is 7. The lowest BCUT2D eigenvalue weighted by molar-refractivity contribution is -0.152. The predicted molar refractivity (Wildman–Crippen MR) is 93.0 cm³/mol. The molecule has 1 aliphatic heterocycles. The Hall–Kier alpha value is -3.14. The summed E-state index contributed by atoms with van der Waals surface area (Å²) in [6, 6.07) is 5.29. The Morgan fingerprint density at radius 3 is 2.27 bits per heavy atom. The minimum absolute atomic E-state index is 0.0181. The second-order valence-electron chi connectivity index (χ2n) is 6.26. The number of imide groups is 1. The monoisotopic (exact) mass is 356 g/mol. The van der Waals surface area contributed by atoms with Crippen LogP contribution in [0.2, 0.25) is 0 Å². The zero-order valence-electron chi connectivity index (χ0n) is 14.7. The second-order valence-corrected chi connectivity index (χ2v) is 6.26. The van der Waals surface area contributed by atoms with Gasteiger partial charge in [0.25, 0.3) is 17.7 Å². The molecule has 0 radical (unpaired) electrons. The molecular formula is C19H20N2O5. The van der Waals surface area contributed by atoms with Crippen molar-refractivity contribution >= 4 is 23.7 Å². The number of carbonyl (C=O) groups is 4. The van der Waals surface area contributed by atoms with Crippen molar-refractivity contribution in [1.29, 1.82) is 0 Å². The molecule has 7 nitrogen and oxygen atoms in total.